The molecule has 0 unspecified atom stereocenters. The third-order valence-corrected chi connectivity index (χ3v) is 3.14. The first-order valence-corrected chi connectivity index (χ1v) is 6.81. The van der Waals surface area contributed by atoms with Gasteiger partial charge in [-0.3, -0.25) is 4.90 Å². The summed E-state index contributed by atoms with van der Waals surface area (Å²) in [6, 6.07) is 8.49. The average molecular weight is 249 g/mol. The van der Waals surface area contributed by atoms with Gasteiger partial charge in [0.05, 0.1) is 0 Å². The zero-order valence-corrected chi connectivity index (χ0v) is 12.0. The minimum atomic E-state index is 0.629. The normalized spacial score (nSPS) is 11.4. The highest BCUT2D eigenvalue weighted by molar-refractivity contribution is 5.26. The van der Waals surface area contributed by atoms with Gasteiger partial charge in [0.15, 0.2) is 0 Å². The van der Waals surface area contributed by atoms with E-state index in [0.717, 1.165) is 26.2 Å². The second-order valence-electron chi connectivity index (χ2n) is 5.05. The van der Waals surface area contributed by atoms with Crippen LogP contribution in [0.1, 0.15) is 24.5 Å². The maximum absolute atomic E-state index is 5.80. The number of nitrogens with two attached hydrogens (primary N) is 1. The van der Waals surface area contributed by atoms with E-state index in [2.05, 4.69) is 55.1 Å². The Labute approximate surface area is 112 Å². The quantitative estimate of drug-likeness (QED) is 0.764. The van der Waals surface area contributed by atoms with Gasteiger partial charge < -0.3 is 10.6 Å². The molecule has 0 heterocycles. The van der Waals surface area contributed by atoms with Crippen LogP contribution in [0.15, 0.2) is 24.3 Å². The van der Waals surface area contributed by atoms with Crippen molar-refractivity contribution >= 4 is 0 Å². The summed E-state index contributed by atoms with van der Waals surface area (Å²) in [5.74, 6) is 0. The molecule has 102 valence electrons. The van der Waals surface area contributed by atoms with Crippen molar-refractivity contribution in [1.29, 1.82) is 0 Å². The minimum absolute atomic E-state index is 0.629. The van der Waals surface area contributed by atoms with Crippen molar-refractivity contribution in [2.24, 2.45) is 5.73 Å². The molecular formula is C15H27N3. The topological polar surface area (TPSA) is 32.5 Å². The second-order valence-corrected chi connectivity index (χ2v) is 5.05. The van der Waals surface area contributed by atoms with Gasteiger partial charge in [-0.2, -0.15) is 0 Å². The van der Waals surface area contributed by atoms with E-state index in [0.29, 0.717) is 6.54 Å². The van der Waals surface area contributed by atoms with E-state index in [1.54, 1.807) is 0 Å². The van der Waals surface area contributed by atoms with E-state index < -0.39 is 0 Å². The van der Waals surface area contributed by atoms with E-state index in [1.807, 2.05) is 0 Å². The van der Waals surface area contributed by atoms with Crippen LogP contribution in [0.4, 0.5) is 0 Å². The molecule has 3 heteroatoms. The van der Waals surface area contributed by atoms with Crippen LogP contribution in [0.3, 0.4) is 0 Å². The van der Waals surface area contributed by atoms with Gasteiger partial charge in [-0.1, -0.05) is 31.2 Å². The molecule has 2 N–H and O–H groups in total. The van der Waals surface area contributed by atoms with Gasteiger partial charge in [0.1, 0.15) is 0 Å². The molecule has 0 fully saturated rings. The summed E-state index contributed by atoms with van der Waals surface area (Å²) in [4.78, 5) is 4.74. The van der Waals surface area contributed by atoms with Crippen LogP contribution in [0.2, 0.25) is 0 Å². The lowest BCUT2D eigenvalue weighted by atomic mass is 10.1. The van der Waals surface area contributed by atoms with E-state index in [9.17, 15) is 0 Å². The summed E-state index contributed by atoms with van der Waals surface area (Å²) in [5, 5.41) is 0. The highest BCUT2D eigenvalue weighted by atomic mass is 15.2. The molecule has 0 bridgehead atoms. The second kappa shape index (κ2) is 8.25. The van der Waals surface area contributed by atoms with E-state index in [-0.39, 0.29) is 0 Å². The highest BCUT2D eigenvalue weighted by Crippen LogP contribution is 2.11. The van der Waals surface area contributed by atoms with Gasteiger partial charge in [0, 0.05) is 26.2 Å². The third kappa shape index (κ3) is 5.17. The summed E-state index contributed by atoms with van der Waals surface area (Å²) in [6.45, 7) is 7.23. The smallest absolute Gasteiger partial charge is 0.0237 e. The number of rotatable bonds is 8. The van der Waals surface area contributed by atoms with Gasteiger partial charge in [-0.15, -0.1) is 0 Å². The number of nitrogens with zero attached hydrogens (tertiary/aromatic N) is 2. The van der Waals surface area contributed by atoms with Crippen LogP contribution in [0.5, 0.6) is 0 Å². The van der Waals surface area contributed by atoms with Crippen LogP contribution in [0, 0.1) is 0 Å². The van der Waals surface area contributed by atoms with Crippen molar-refractivity contribution in [3.63, 3.8) is 0 Å². The van der Waals surface area contributed by atoms with Crippen molar-refractivity contribution in [3.8, 4) is 0 Å². The molecule has 3 nitrogen and oxygen atoms in total. The Balaban J connectivity index is 2.63. The lowest BCUT2D eigenvalue weighted by Crippen LogP contribution is -2.32. The van der Waals surface area contributed by atoms with Gasteiger partial charge in [-0.25, -0.2) is 0 Å². The summed E-state index contributed by atoms with van der Waals surface area (Å²) in [5.41, 5.74) is 8.43. The molecule has 1 aromatic carbocycles. The first-order valence-electron chi connectivity index (χ1n) is 6.81. The minimum Gasteiger partial charge on any atom is -0.326 e. The Kier molecular flexibility index (Phi) is 6.94. The predicted molar refractivity (Wildman–Crippen MR) is 78.5 cm³/mol. The largest absolute Gasteiger partial charge is 0.326 e. The van der Waals surface area contributed by atoms with Crippen molar-refractivity contribution in [3.05, 3.63) is 35.4 Å². The SMILES string of the molecule is CCCN(CCN(C)C)Cc1ccccc1CN. The lowest BCUT2D eigenvalue weighted by molar-refractivity contribution is 0.233. The molecule has 0 aromatic heterocycles. The zero-order valence-electron chi connectivity index (χ0n) is 12.0. The highest BCUT2D eigenvalue weighted by Gasteiger charge is 2.08. The van der Waals surface area contributed by atoms with Crippen LogP contribution >= 0.6 is 0 Å². The van der Waals surface area contributed by atoms with Gasteiger partial charge in [-0.05, 0) is 38.2 Å². The molecule has 18 heavy (non-hydrogen) atoms. The molecule has 0 amide bonds. The molecule has 0 saturated heterocycles. The number of hydrogen-bond donors (Lipinski definition) is 1. The molecule has 0 aliphatic heterocycles. The fraction of sp³-hybridized carbons (Fsp3) is 0.600. The van der Waals surface area contributed by atoms with Gasteiger partial charge in [0.25, 0.3) is 0 Å². The first-order chi connectivity index (χ1) is 8.67. The average Bonchev–Trinajstić information content (AvgIpc) is 2.37. The molecular weight excluding hydrogens is 222 g/mol. The third-order valence-electron chi connectivity index (χ3n) is 3.14. The fourth-order valence-corrected chi connectivity index (χ4v) is 2.08. The Hall–Kier alpha value is -0.900. The Morgan fingerprint density at radius 2 is 1.67 bits per heavy atom. The zero-order chi connectivity index (χ0) is 13.4. The van der Waals surface area contributed by atoms with E-state index in [1.165, 1.54) is 17.5 Å². The molecule has 0 aliphatic carbocycles. The lowest BCUT2D eigenvalue weighted by Gasteiger charge is -2.24. The van der Waals surface area contributed by atoms with Crippen molar-refractivity contribution < 1.29 is 0 Å². The summed E-state index contributed by atoms with van der Waals surface area (Å²) >= 11 is 0. The van der Waals surface area contributed by atoms with Gasteiger partial charge in [0.2, 0.25) is 0 Å². The van der Waals surface area contributed by atoms with Crippen molar-refractivity contribution in [1.82, 2.24) is 9.80 Å². The first kappa shape index (κ1) is 15.2. The molecule has 0 atom stereocenters. The van der Waals surface area contributed by atoms with Crippen LogP contribution in [0.25, 0.3) is 0 Å². The maximum Gasteiger partial charge on any atom is 0.0237 e. The van der Waals surface area contributed by atoms with E-state index in [4.69, 9.17) is 5.73 Å². The maximum atomic E-state index is 5.80. The number of benzene rings is 1. The number of likely N-dealkylation sites (N-methyl/N-ethyl adjacent to an activating group) is 1. The van der Waals surface area contributed by atoms with Crippen molar-refractivity contribution in [2.75, 3.05) is 33.7 Å². The fourth-order valence-electron chi connectivity index (χ4n) is 2.08. The number of hydrogen-bond acceptors (Lipinski definition) is 3. The van der Waals surface area contributed by atoms with Crippen LogP contribution in [-0.2, 0) is 13.1 Å². The van der Waals surface area contributed by atoms with Crippen LogP contribution < -0.4 is 5.73 Å². The molecule has 0 saturated carbocycles. The summed E-state index contributed by atoms with van der Waals surface area (Å²) in [6.07, 6.45) is 1.19. The monoisotopic (exact) mass is 249 g/mol. The molecule has 1 rings (SSSR count). The van der Waals surface area contributed by atoms with E-state index >= 15 is 0 Å². The standard InChI is InChI=1S/C15H27N3/c1-4-9-18(11-10-17(2)3)13-15-8-6-5-7-14(15)12-16/h5-8H,4,9-13,16H2,1-3H3. The van der Waals surface area contributed by atoms with Crippen LogP contribution in [-0.4, -0.2) is 43.5 Å². The summed E-state index contributed by atoms with van der Waals surface area (Å²) in [7, 11) is 4.25. The molecule has 1 aromatic rings. The Morgan fingerprint density at radius 1 is 1.00 bits per heavy atom. The molecule has 0 spiro atoms. The Morgan fingerprint density at radius 3 is 2.22 bits per heavy atom. The molecule has 0 radical (unpaired) electrons. The Bertz CT molecular complexity index is 336. The summed E-state index contributed by atoms with van der Waals surface area (Å²) < 4.78 is 0. The van der Waals surface area contributed by atoms with Crippen molar-refractivity contribution in [2.45, 2.75) is 26.4 Å². The molecule has 0 aliphatic rings. The predicted octanol–water partition coefficient (Wildman–Crippen LogP) is 1.92. The van der Waals surface area contributed by atoms with Gasteiger partial charge >= 0.3 is 0 Å².